The molecule has 3 N–H and O–H groups in total. The monoisotopic (exact) mass is 367 g/mol. The van der Waals surface area contributed by atoms with Crippen molar-refractivity contribution in [1.29, 1.82) is 0 Å². The number of hydrogen-bond donors (Lipinski definition) is 3. The summed E-state index contributed by atoms with van der Waals surface area (Å²) >= 11 is 0. The molecule has 0 saturated heterocycles. The molecule has 138 valence electrons. The van der Waals surface area contributed by atoms with Crippen molar-refractivity contribution in [2.24, 2.45) is 0 Å². The second-order valence-corrected chi connectivity index (χ2v) is 5.85. The van der Waals surface area contributed by atoms with E-state index in [9.17, 15) is 9.90 Å². The number of fused-ring (bicyclic) bond motifs is 3. The molecule has 9 nitrogen and oxygen atoms in total. The maximum Gasteiger partial charge on any atom is 0.413 e. The van der Waals surface area contributed by atoms with E-state index in [1.165, 1.54) is 13.4 Å². The zero-order valence-corrected chi connectivity index (χ0v) is 14.7. The maximum absolute atomic E-state index is 12.0. The molecule has 4 rings (SSSR count). The predicted molar refractivity (Wildman–Crippen MR) is 99.5 cm³/mol. The molecule has 0 aliphatic rings. The van der Waals surface area contributed by atoms with Crippen molar-refractivity contribution >= 4 is 34.0 Å². The van der Waals surface area contributed by atoms with E-state index in [2.05, 4.69) is 19.9 Å². The van der Waals surface area contributed by atoms with Crippen LogP contribution >= 0.6 is 0 Å². The Bertz CT molecular complexity index is 1130. The molecule has 0 unspecified atom stereocenters. The molecule has 0 spiro atoms. The van der Waals surface area contributed by atoms with E-state index in [-0.39, 0.29) is 12.4 Å². The zero-order valence-electron chi connectivity index (χ0n) is 14.7. The molecule has 3 heterocycles. The van der Waals surface area contributed by atoms with Gasteiger partial charge < -0.3 is 24.5 Å². The van der Waals surface area contributed by atoms with Gasteiger partial charge in [-0.25, -0.2) is 14.8 Å². The number of aromatic amines is 2. The topological polar surface area (TPSA) is 116 Å². The highest BCUT2D eigenvalue weighted by Gasteiger charge is 2.23. The van der Waals surface area contributed by atoms with E-state index < -0.39 is 6.09 Å². The van der Waals surface area contributed by atoms with E-state index in [4.69, 9.17) is 9.47 Å². The number of imidazole rings is 1. The smallest absolute Gasteiger partial charge is 0.413 e. The summed E-state index contributed by atoms with van der Waals surface area (Å²) in [7, 11) is 3.09. The lowest BCUT2D eigenvalue weighted by atomic mass is 10.1. The Labute approximate surface area is 153 Å². The van der Waals surface area contributed by atoms with Gasteiger partial charge >= 0.3 is 6.09 Å². The number of nitrogens with zero attached hydrogens (tertiary/aromatic N) is 3. The molecular formula is C18H17N5O4. The third kappa shape index (κ3) is 2.78. The first-order valence-electron chi connectivity index (χ1n) is 8.14. The molecule has 1 aromatic carbocycles. The lowest BCUT2D eigenvalue weighted by molar-refractivity contribution is 0.201. The summed E-state index contributed by atoms with van der Waals surface area (Å²) in [6, 6.07) is 7.09. The molecule has 1 amide bonds. The van der Waals surface area contributed by atoms with Crippen molar-refractivity contribution in [3.8, 4) is 11.5 Å². The highest BCUT2D eigenvalue weighted by molar-refractivity contribution is 6.08. The number of methoxy groups -OCH3 is 2. The molecule has 0 aliphatic carbocycles. The Morgan fingerprint density at radius 3 is 2.81 bits per heavy atom. The van der Waals surface area contributed by atoms with Crippen LogP contribution < -0.4 is 14.4 Å². The number of hydrogen-bond acceptors (Lipinski definition) is 5. The van der Waals surface area contributed by atoms with E-state index in [0.717, 1.165) is 10.3 Å². The third-order valence-corrected chi connectivity index (χ3v) is 4.37. The third-order valence-electron chi connectivity index (χ3n) is 4.37. The maximum atomic E-state index is 12.0. The second-order valence-electron chi connectivity index (χ2n) is 5.85. The van der Waals surface area contributed by atoms with Gasteiger partial charge in [0, 0.05) is 23.2 Å². The van der Waals surface area contributed by atoms with Crippen molar-refractivity contribution in [2.45, 2.75) is 6.54 Å². The normalized spacial score (nSPS) is 11.0. The number of ether oxygens (including phenoxy) is 2. The largest absolute Gasteiger partial charge is 0.497 e. The number of rotatable bonds is 5. The van der Waals surface area contributed by atoms with Gasteiger partial charge in [0.05, 0.1) is 27.1 Å². The van der Waals surface area contributed by atoms with E-state index in [0.29, 0.717) is 33.7 Å². The number of carboxylic acid groups (broad SMARTS) is 1. The molecule has 3 aromatic heterocycles. The van der Waals surface area contributed by atoms with Crippen LogP contribution in [0.5, 0.6) is 11.5 Å². The van der Waals surface area contributed by atoms with Gasteiger partial charge in [0.2, 0.25) is 0 Å². The molecule has 0 saturated carbocycles. The number of pyridine rings is 1. The molecular weight excluding hydrogens is 350 g/mol. The summed E-state index contributed by atoms with van der Waals surface area (Å²) in [4.78, 5) is 28.0. The molecule has 0 bridgehead atoms. The average Bonchev–Trinajstić information content (AvgIpc) is 3.33. The van der Waals surface area contributed by atoms with E-state index in [1.54, 1.807) is 31.5 Å². The van der Waals surface area contributed by atoms with Crippen LogP contribution in [0.1, 0.15) is 5.56 Å². The van der Waals surface area contributed by atoms with Gasteiger partial charge in [-0.15, -0.1) is 0 Å². The first kappa shape index (κ1) is 16.7. The van der Waals surface area contributed by atoms with E-state index in [1.807, 2.05) is 6.07 Å². The number of H-pyrrole nitrogens is 2. The number of amides is 1. The molecule has 0 atom stereocenters. The van der Waals surface area contributed by atoms with Gasteiger partial charge in [-0.3, -0.25) is 4.90 Å². The highest BCUT2D eigenvalue weighted by atomic mass is 16.5. The van der Waals surface area contributed by atoms with Crippen molar-refractivity contribution in [3.63, 3.8) is 0 Å². The van der Waals surface area contributed by atoms with Crippen molar-refractivity contribution < 1.29 is 19.4 Å². The minimum Gasteiger partial charge on any atom is -0.497 e. The summed E-state index contributed by atoms with van der Waals surface area (Å²) in [5.41, 5.74) is 2.46. The highest BCUT2D eigenvalue weighted by Crippen LogP contribution is 2.32. The summed E-state index contributed by atoms with van der Waals surface area (Å²) in [6.45, 7) is 0.0514. The molecule has 0 radical (unpaired) electrons. The quantitative estimate of drug-likeness (QED) is 0.499. The van der Waals surface area contributed by atoms with Gasteiger partial charge in [-0.05, 0) is 18.2 Å². The Balaban J connectivity index is 1.83. The van der Waals surface area contributed by atoms with E-state index >= 15 is 0 Å². The number of carbonyl (C=O) groups is 1. The first-order valence-corrected chi connectivity index (χ1v) is 8.14. The molecule has 0 fully saturated rings. The fourth-order valence-electron chi connectivity index (χ4n) is 3.06. The van der Waals surface area contributed by atoms with Crippen LogP contribution in [-0.4, -0.2) is 45.4 Å². The van der Waals surface area contributed by atoms with Crippen LogP contribution in [-0.2, 0) is 6.54 Å². The van der Waals surface area contributed by atoms with Crippen LogP contribution in [0.15, 0.2) is 36.8 Å². The van der Waals surface area contributed by atoms with Gasteiger partial charge in [0.25, 0.3) is 0 Å². The Hall–Kier alpha value is -3.75. The summed E-state index contributed by atoms with van der Waals surface area (Å²) in [5, 5.41) is 10.7. The zero-order chi connectivity index (χ0) is 19.0. The standard InChI is InChI=1S/C18H17N5O4/c1-26-11-4-3-10(13(7-11)27-2)8-23(18(24)25)17-15-14(20-9-21-15)12-5-6-19-16(12)22-17/h3-7,9H,8H2,1-2H3,(H,19,22)(H,20,21)(H,24,25). The Morgan fingerprint density at radius 2 is 2.07 bits per heavy atom. The van der Waals surface area contributed by atoms with Crippen LogP contribution in [0, 0.1) is 0 Å². The lowest BCUT2D eigenvalue weighted by Gasteiger charge is -2.20. The van der Waals surface area contributed by atoms with Crippen LogP contribution in [0.3, 0.4) is 0 Å². The lowest BCUT2D eigenvalue weighted by Crippen LogP contribution is -2.30. The summed E-state index contributed by atoms with van der Waals surface area (Å²) in [5.74, 6) is 1.42. The summed E-state index contributed by atoms with van der Waals surface area (Å²) in [6.07, 6.45) is 2.13. The molecule has 9 heteroatoms. The Morgan fingerprint density at radius 1 is 1.22 bits per heavy atom. The Kier molecular flexibility index (Phi) is 4.03. The van der Waals surface area contributed by atoms with Gasteiger partial charge in [0.15, 0.2) is 5.82 Å². The van der Waals surface area contributed by atoms with Crippen LogP contribution in [0.25, 0.3) is 22.1 Å². The van der Waals surface area contributed by atoms with Gasteiger partial charge in [-0.1, -0.05) is 0 Å². The van der Waals surface area contributed by atoms with Crippen molar-refractivity contribution in [1.82, 2.24) is 19.9 Å². The first-order chi connectivity index (χ1) is 13.1. The van der Waals surface area contributed by atoms with Crippen LogP contribution in [0.2, 0.25) is 0 Å². The SMILES string of the molecule is COc1ccc(CN(C(=O)O)c2nc3[nH]ccc3c3nc[nH]c23)c(OC)c1. The number of benzene rings is 1. The van der Waals surface area contributed by atoms with Gasteiger partial charge in [-0.2, -0.15) is 0 Å². The minimum absolute atomic E-state index is 0.0514. The number of nitrogens with one attached hydrogen (secondary N) is 2. The van der Waals surface area contributed by atoms with Crippen LogP contribution in [0.4, 0.5) is 10.6 Å². The summed E-state index contributed by atoms with van der Waals surface area (Å²) < 4.78 is 10.6. The predicted octanol–water partition coefficient (Wildman–Crippen LogP) is 3.14. The second kappa shape index (κ2) is 6.52. The number of aromatic nitrogens is 4. The fourth-order valence-corrected chi connectivity index (χ4v) is 3.06. The minimum atomic E-state index is -1.14. The number of anilines is 1. The molecule has 0 aliphatic heterocycles. The molecule has 4 aromatic rings. The molecule has 27 heavy (non-hydrogen) atoms. The van der Waals surface area contributed by atoms with Gasteiger partial charge in [0.1, 0.15) is 28.2 Å². The van der Waals surface area contributed by atoms with Crippen molar-refractivity contribution in [2.75, 3.05) is 19.1 Å². The average molecular weight is 367 g/mol. The van der Waals surface area contributed by atoms with Crippen molar-refractivity contribution in [3.05, 3.63) is 42.4 Å². The fraction of sp³-hybridized carbons (Fsp3) is 0.167.